The lowest BCUT2D eigenvalue weighted by atomic mass is 10.2. The Balaban J connectivity index is 1.80. The number of para-hydroxylation sites is 1. The van der Waals surface area contributed by atoms with E-state index in [4.69, 9.17) is 9.47 Å². The molecule has 25 heavy (non-hydrogen) atoms. The number of Topliss-reactive ketones (excluding diaryl/α,β-unsaturated/α-hetero) is 1. The molecule has 3 aromatic rings. The van der Waals surface area contributed by atoms with Crippen molar-refractivity contribution in [3.63, 3.8) is 0 Å². The molecule has 5 heteroatoms. The Morgan fingerprint density at radius 1 is 0.920 bits per heavy atom. The molecule has 4 nitrogen and oxygen atoms in total. The van der Waals surface area contributed by atoms with Crippen molar-refractivity contribution in [2.45, 2.75) is 13.8 Å². The van der Waals surface area contributed by atoms with Gasteiger partial charge in [0.05, 0.1) is 11.3 Å². The summed E-state index contributed by atoms with van der Waals surface area (Å²) in [7, 11) is 0. The van der Waals surface area contributed by atoms with Gasteiger partial charge in [0.15, 0.2) is 5.78 Å². The number of carbonyl (C=O) groups is 1. The van der Waals surface area contributed by atoms with Crippen molar-refractivity contribution in [3.8, 4) is 23.1 Å². The van der Waals surface area contributed by atoms with Crippen LogP contribution in [0, 0.1) is 12.7 Å². The van der Waals surface area contributed by atoms with Crippen LogP contribution in [0.5, 0.6) is 23.1 Å². The van der Waals surface area contributed by atoms with Crippen LogP contribution < -0.4 is 9.47 Å². The van der Waals surface area contributed by atoms with Crippen LogP contribution in [0.1, 0.15) is 23.0 Å². The summed E-state index contributed by atoms with van der Waals surface area (Å²) in [6, 6.07) is 17.4. The van der Waals surface area contributed by atoms with Crippen LogP contribution in [0.4, 0.5) is 4.39 Å². The number of ether oxygens (including phenoxy) is 2. The van der Waals surface area contributed by atoms with E-state index in [-0.39, 0.29) is 22.9 Å². The zero-order chi connectivity index (χ0) is 17.8. The van der Waals surface area contributed by atoms with Crippen molar-refractivity contribution < 1.29 is 18.7 Å². The second kappa shape index (κ2) is 7.13. The molecule has 1 heterocycles. The summed E-state index contributed by atoms with van der Waals surface area (Å²) in [5, 5.41) is 0. The third kappa shape index (κ3) is 4.01. The maximum atomic E-state index is 13.6. The van der Waals surface area contributed by atoms with Crippen molar-refractivity contribution in [2.24, 2.45) is 0 Å². The number of nitrogens with zero attached hydrogens (tertiary/aromatic N) is 1. The van der Waals surface area contributed by atoms with Crippen molar-refractivity contribution in [2.75, 3.05) is 0 Å². The molecule has 2 aromatic carbocycles. The minimum absolute atomic E-state index is 0.0862. The summed E-state index contributed by atoms with van der Waals surface area (Å²) in [4.78, 5) is 15.7. The van der Waals surface area contributed by atoms with Gasteiger partial charge in [-0.15, -0.1) is 0 Å². The largest absolute Gasteiger partial charge is 0.457 e. The van der Waals surface area contributed by atoms with Crippen LogP contribution in [0.25, 0.3) is 0 Å². The molecule has 0 amide bonds. The average Bonchev–Trinajstić information content (AvgIpc) is 2.60. The Hall–Kier alpha value is -3.21. The Bertz CT molecular complexity index is 893. The SMILES string of the molecule is CC(=O)c1cc(F)c(C)nc1Oc1ccc(Oc2ccccc2)cc1. The number of pyridine rings is 1. The number of rotatable bonds is 5. The van der Waals surface area contributed by atoms with Gasteiger partial charge < -0.3 is 9.47 Å². The Morgan fingerprint density at radius 3 is 2.08 bits per heavy atom. The number of hydrogen-bond donors (Lipinski definition) is 0. The fraction of sp³-hybridized carbons (Fsp3) is 0.100. The van der Waals surface area contributed by atoms with Gasteiger partial charge in [0.2, 0.25) is 5.88 Å². The third-order valence-corrected chi connectivity index (χ3v) is 3.51. The van der Waals surface area contributed by atoms with E-state index in [0.717, 1.165) is 11.8 Å². The van der Waals surface area contributed by atoms with Crippen molar-refractivity contribution in [3.05, 3.63) is 77.7 Å². The summed E-state index contributed by atoms with van der Waals surface area (Å²) in [5.74, 6) is 1.08. The molecule has 0 bridgehead atoms. The van der Waals surface area contributed by atoms with E-state index < -0.39 is 5.82 Å². The number of benzene rings is 2. The Kier molecular flexibility index (Phi) is 4.75. The van der Waals surface area contributed by atoms with E-state index in [9.17, 15) is 9.18 Å². The summed E-state index contributed by atoms with van der Waals surface area (Å²) < 4.78 is 25.0. The Labute approximate surface area is 144 Å². The lowest BCUT2D eigenvalue weighted by Gasteiger charge is -2.11. The van der Waals surface area contributed by atoms with E-state index in [2.05, 4.69) is 4.98 Å². The predicted octanol–water partition coefficient (Wildman–Crippen LogP) is 5.32. The molecule has 0 saturated heterocycles. The highest BCUT2D eigenvalue weighted by Gasteiger charge is 2.15. The molecular formula is C20H16FNO3. The molecule has 3 rings (SSSR count). The molecular weight excluding hydrogens is 321 g/mol. The first-order chi connectivity index (χ1) is 12.0. The fourth-order valence-corrected chi connectivity index (χ4v) is 2.20. The fourth-order valence-electron chi connectivity index (χ4n) is 2.20. The second-order valence-corrected chi connectivity index (χ2v) is 5.45. The van der Waals surface area contributed by atoms with Crippen molar-refractivity contribution in [1.82, 2.24) is 4.98 Å². The summed E-state index contributed by atoms with van der Waals surface area (Å²) >= 11 is 0. The normalized spacial score (nSPS) is 10.4. The summed E-state index contributed by atoms with van der Waals surface area (Å²) in [6.07, 6.45) is 0. The highest BCUT2D eigenvalue weighted by molar-refractivity contribution is 5.96. The topological polar surface area (TPSA) is 48.4 Å². The van der Waals surface area contributed by atoms with Gasteiger partial charge in [-0.05, 0) is 56.3 Å². The molecule has 0 N–H and O–H groups in total. The zero-order valence-corrected chi connectivity index (χ0v) is 13.8. The first kappa shape index (κ1) is 16.6. The van der Waals surface area contributed by atoms with Crippen LogP contribution in [0.15, 0.2) is 60.7 Å². The monoisotopic (exact) mass is 337 g/mol. The number of halogens is 1. The maximum Gasteiger partial charge on any atom is 0.230 e. The number of aromatic nitrogens is 1. The van der Waals surface area contributed by atoms with E-state index in [1.165, 1.54) is 13.8 Å². The summed E-state index contributed by atoms with van der Waals surface area (Å²) in [6.45, 7) is 2.86. The molecule has 1 aromatic heterocycles. The van der Waals surface area contributed by atoms with Gasteiger partial charge in [-0.1, -0.05) is 18.2 Å². The molecule has 0 unspecified atom stereocenters. The van der Waals surface area contributed by atoms with E-state index in [0.29, 0.717) is 11.5 Å². The molecule has 0 aliphatic rings. The summed E-state index contributed by atoms with van der Waals surface area (Å²) in [5.41, 5.74) is 0.275. The van der Waals surface area contributed by atoms with Gasteiger partial charge in [0.1, 0.15) is 23.1 Å². The van der Waals surface area contributed by atoms with E-state index in [1.54, 1.807) is 24.3 Å². The minimum Gasteiger partial charge on any atom is -0.457 e. The molecule has 0 atom stereocenters. The molecule has 0 aliphatic heterocycles. The number of hydrogen-bond acceptors (Lipinski definition) is 4. The van der Waals surface area contributed by atoms with Gasteiger partial charge in [0, 0.05) is 0 Å². The maximum absolute atomic E-state index is 13.6. The van der Waals surface area contributed by atoms with Crippen LogP contribution in [-0.4, -0.2) is 10.8 Å². The van der Waals surface area contributed by atoms with Gasteiger partial charge in [0.25, 0.3) is 0 Å². The number of carbonyl (C=O) groups excluding carboxylic acids is 1. The van der Waals surface area contributed by atoms with Crippen LogP contribution in [0.2, 0.25) is 0 Å². The smallest absolute Gasteiger partial charge is 0.230 e. The quantitative estimate of drug-likeness (QED) is 0.592. The van der Waals surface area contributed by atoms with Gasteiger partial charge >= 0.3 is 0 Å². The molecule has 0 radical (unpaired) electrons. The first-order valence-electron chi connectivity index (χ1n) is 7.72. The average molecular weight is 337 g/mol. The highest BCUT2D eigenvalue weighted by Crippen LogP contribution is 2.28. The van der Waals surface area contributed by atoms with E-state index >= 15 is 0 Å². The third-order valence-electron chi connectivity index (χ3n) is 3.51. The first-order valence-corrected chi connectivity index (χ1v) is 7.72. The van der Waals surface area contributed by atoms with E-state index in [1.807, 2.05) is 30.3 Å². The van der Waals surface area contributed by atoms with Crippen LogP contribution >= 0.6 is 0 Å². The Morgan fingerprint density at radius 2 is 1.48 bits per heavy atom. The lowest BCUT2D eigenvalue weighted by Crippen LogP contribution is -2.03. The number of aryl methyl sites for hydroxylation is 1. The van der Waals surface area contributed by atoms with Crippen molar-refractivity contribution >= 4 is 5.78 Å². The van der Waals surface area contributed by atoms with Gasteiger partial charge in [-0.25, -0.2) is 9.37 Å². The van der Waals surface area contributed by atoms with Crippen LogP contribution in [-0.2, 0) is 0 Å². The van der Waals surface area contributed by atoms with Gasteiger partial charge in [-0.3, -0.25) is 4.79 Å². The minimum atomic E-state index is -0.538. The predicted molar refractivity (Wildman–Crippen MR) is 92.0 cm³/mol. The molecule has 0 aliphatic carbocycles. The molecule has 126 valence electrons. The number of ketones is 1. The lowest BCUT2D eigenvalue weighted by molar-refractivity contribution is 0.101. The van der Waals surface area contributed by atoms with Gasteiger partial charge in [-0.2, -0.15) is 0 Å². The molecule has 0 saturated carbocycles. The zero-order valence-electron chi connectivity index (χ0n) is 13.8. The highest BCUT2D eigenvalue weighted by atomic mass is 19.1. The standard InChI is InChI=1S/C20H16FNO3/c1-13-19(21)12-18(14(2)23)20(22-13)25-17-10-8-16(9-11-17)24-15-6-4-3-5-7-15/h3-12H,1-2H3. The van der Waals surface area contributed by atoms with Crippen LogP contribution in [0.3, 0.4) is 0 Å². The second-order valence-electron chi connectivity index (χ2n) is 5.45. The van der Waals surface area contributed by atoms with Crippen molar-refractivity contribution in [1.29, 1.82) is 0 Å². The molecule has 0 spiro atoms. The molecule has 0 fully saturated rings.